The fourth-order valence-corrected chi connectivity index (χ4v) is 5.02. The Hall–Kier alpha value is -1.67. The predicted molar refractivity (Wildman–Crippen MR) is 120 cm³/mol. The van der Waals surface area contributed by atoms with E-state index < -0.39 is 0 Å². The number of guanidine groups is 1. The summed E-state index contributed by atoms with van der Waals surface area (Å²) in [7, 11) is 6.13. The fraction of sp³-hybridized carbons (Fsp3) is 0.762. The van der Waals surface area contributed by atoms with Gasteiger partial charge in [0.1, 0.15) is 9.88 Å². The average Bonchev–Trinajstić information content (AvgIpc) is 3.07. The highest BCUT2D eigenvalue weighted by Gasteiger charge is 2.37. The Labute approximate surface area is 179 Å². The van der Waals surface area contributed by atoms with Gasteiger partial charge in [-0.15, -0.1) is 11.3 Å². The number of thiazole rings is 1. The number of likely N-dealkylation sites (N-methyl/N-ethyl adjacent to an activating group) is 1. The van der Waals surface area contributed by atoms with Crippen LogP contribution in [0.2, 0.25) is 0 Å². The van der Waals surface area contributed by atoms with E-state index in [1.807, 2.05) is 20.8 Å². The Bertz CT molecular complexity index is 718. The molecule has 0 spiro atoms. The van der Waals surface area contributed by atoms with Crippen LogP contribution in [0.5, 0.6) is 0 Å². The molecule has 8 heteroatoms. The molecule has 0 amide bonds. The molecule has 1 saturated carbocycles. The van der Waals surface area contributed by atoms with E-state index in [-0.39, 0.29) is 17.6 Å². The van der Waals surface area contributed by atoms with Gasteiger partial charge < -0.3 is 20.3 Å². The molecule has 164 valence electrons. The van der Waals surface area contributed by atoms with Gasteiger partial charge in [0.25, 0.3) is 0 Å². The molecule has 0 radical (unpaired) electrons. The molecular weight excluding hydrogens is 386 g/mol. The van der Waals surface area contributed by atoms with Crippen LogP contribution >= 0.6 is 11.3 Å². The summed E-state index contributed by atoms with van der Waals surface area (Å²) in [4.78, 5) is 24.0. The summed E-state index contributed by atoms with van der Waals surface area (Å²) in [5.74, 6) is 1.19. The SMILES string of the molecule is CCOC(=O)c1sc(C(C)NC(=NC)NCC2(N(C)C)CCCC(C)C2)nc1C. The van der Waals surface area contributed by atoms with Crippen molar-refractivity contribution in [3.63, 3.8) is 0 Å². The molecule has 0 aliphatic heterocycles. The smallest absolute Gasteiger partial charge is 0.350 e. The number of rotatable bonds is 7. The minimum atomic E-state index is -0.303. The number of ether oxygens (including phenoxy) is 1. The van der Waals surface area contributed by atoms with E-state index in [0.29, 0.717) is 17.2 Å². The van der Waals surface area contributed by atoms with E-state index in [0.717, 1.165) is 23.4 Å². The van der Waals surface area contributed by atoms with Gasteiger partial charge in [-0.05, 0) is 53.6 Å². The predicted octanol–water partition coefficient (Wildman–Crippen LogP) is 3.36. The molecule has 1 fully saturated rings. The third-order valence-electron chi connectivity index (χ3n) is 5.82. The van der Waals surface area contributed by atoms with Crippen molar-refractivity contribution < 1.29 is 9.53 Å². The Balaban J connectivity index is 2.02. The molecule has 1 aromatic heterocycles. The lowest BCUT2D eigenvalue weighted by Crippen LogP contribution is -2.56. The van der Waals surface area contributed by atoms with Gasteiger partial charge in [0, 0.05) is 19.1 Å². The number of nitrogens with one attached hydrogen (secondary N) is 2. The van der Waals surface area contributed by atoms with Crippen molar-refractivity contribution in [2.24, 2.45) is 10.9 Å². The second-order valence-electron chi connectivity index (χ2n) is 8.30. The molecule has 0 saturated heterocycles. The van der Waals surface area contributed by atoms with Crippen molar-refractivity contribution in [1.82, 2.24) is 20.5 Å². The van der Waals surface area contributed by atoms with Crippen LogP contribution in [-0.2, 0) is 4.74 Å². The minimum Gasteiger partial charge on any atom is -0.462 e. The second kappa shape index (κ2) is 10.4. The van der Waals surface area contributed by atoms with Gasteiger partial charge in [0.15, 0.2) is 5.96 Å². The number of aromatic nitrogens is 1. The Kier molecular flexibility index (Phi) is 8.46. The number of hydrogen-bond acceptors (Lipinski definition) is 6. The molecule has 3 atom stereocenters. The van der Waals surface area contributed by atoms with Crippen molar-refractivity contribution in [1.29, 1.82) is 0 Å². The minimum absolute atomic E-state index is 0.0614. The van der Waals surface area contributed by atoms with Crippen LogP contribution in [0.1, 0.15) is 72.9 Å². The van der Waals surface area contributed by atoms with Gasteiger partial charge in [-0.3, -0.25) is 4.99 Å². The molecule has 0 aromatic carbocycles. The Morgan fingerprint density at radius 1 is 1.48 bits per heavy atom. The van der Waals surface area contributed by atoms with Crippen molar-refractivity contribution in [3.8, 4) is 0 Å². The quantitative estimate of drug-likeness (QED) is 0.398. The Morgan fingerprint density at radius 3 is 2.79 bits per heavy atom. The summed E-state index contributed by atoms with van der Waals surface area (Å²) < 4.78 is 5.12. The van der Waals surface area contributed by atoms with Gasteiger partial charge in [0.05, 0.1) is 18.3 Å². The molecule has 29 heavy (non-hydrogen) atoms. The molecule has 7 nitrogen and oxygen atoms in total. The second-order valence-corrected chi connectivity index (χ2v) is 9.33. The zero-order valence-electron chi connectivity index (χ0n) is 19.0. The van der Waals surface area contributed by atoms with E-state index in [2.05, 4.69) is 46.5 Å². The topological polar surface area (TPSA) is 78.8 Å². The highest BCUT2D eigenvalue weighted by atomic mass is 32.1. The largest absolute Gasteiger partial charge is 0.462 e. The molecule has 1 aliphatic rings. The molecule has 1 aliphatic carbocycles. The van der Waals surface area contributed by atoms with Crippen molar-refractivity contribution in [2.75, 3.05) is 34.3 Å². The summed E-state index contributed by atoms with van der Waals surface area (Å²) in [6.45, 7) is 9.24. The highest BCUT2D eigenvalue weighted by Crippen LogP contribution is 2.35. The molecular formula is C21H37N5O2S. The van der Waals surface area contributed by atoms with Crippen LogP contribution in [0, 0.1) is 12.8 Å². The molecule has 2 N–H and O–H groups in total. The number of hydrogen-bond donors (Lipinski definition) is 2. The number of carbonyl (C=O) groups is 1. The lowest BCUT2D eigenvalue weighted by molar-refractivity contribution is 0.0531. The maximum Gasteiger partial charge on any atom is 0.350 e. The number of carbonyl (C=O) groups excluding carboxylic acids is 1. The zero-order valence-corrected chi connectivity index (χ0v) is 19.8. The summed E-state index contributed by atoms with van der Waals surface area (Å²) in [6, 6.07) is -0.0614. The summed E-state index contributed by atoms with van der Waals surface area (Å²) in [5.41, 5.74) is 0.857. The van der Waals surface area contributed by atoms with Gasteiger partial charge >= 0.3 is 5.97 Å². The monoisotopic (exact) mass is 423 g/mol. The van der Waals surface area contributed by atoms with E-state index in [9.17, 15) is 4.79 Å². The molecule has 0 bridgehead atoms. The highest BCUT2D eigenvalue weighted by molar-refractivity contribution is 7.13. The maximum atomic E-state index is 12.1. The zero-order chi connectivity index (χ0) is 21.6. The first-order valence-corrected chi connectivity index (χ1v) is 11.3. The fourth-order valence-electron chi connectivity index (χ4n) is 4.06. The van der Waals surface area contributed by atoms with Crippen molar-refractivity contribution in [2.45, 2.75) is 65.0 Å². The van der Waals surface area contributed by atoms with Crippen LogP contribution < -0.4 is 10.6 Å². The van der Waals surface area contributed by atoms with Crippen LogP contribution in [0.25, 0.3) is 0 Å². The Morgan fingerprint density at radius 2 is 2.21 bits per heavy atom. The van der Waals surface area contributed by atoms with Crippen LogP contribution in [0.3, 0.4) is 0 Å². The van der Waals surface area contributed by atoms with Gasteiger partial charge in [-0.25, -0.2) is 9.78 Å². The van der Waals surface area contributed by atoms with Crippen LogP contribution in [0.4, 0.5) is 0 Å². The van der Waals surface area contributed by atoms with Gasteiger partial charge in [-0.2, -0.15) is 0 Å². The number of esters is 1. The van der Waals surface area contributed by atoms with Crippen LogP contribution in [0.15, 0.2) is 4.99 Å². The number of aliphatic imine (C=N–C) groups is 1. The lowest BCUT2D eigenvalue weighted by Gasteiger charge is -2.45. The van der Waals surface area contributed by atoms with Gasteiger partial charge in [-0.1, -0.05) is 19.8 Å². The first-order chi connectivity index (χ1) is 13.7. The lowest BCUT2D eigenvalue weighted by atomic mass is 9.75. The summed E-state index contributed by atoms with van der Waals surface area (Å²) >= 11 is 1.38. The first kappa shape index (κ1) is 23.6. The standard InChI is InChI=1S/C21H37N5O2S/c1-8-28-19(27)17-15(3)24-18(29-17)16(4)25-20(22-5)23-13-21(26(6)7)11-9-10-14(2)12-21/h14,16H,8-13H2,1-7H3,(H2,22,23,25). The van der Waals surface area contributed by atoms with Crippen LogP contribution in [-0.4, -0.2) is 61.6 Å². The third kappa shape index (κ3) is 5.92. The van der Waals surface area contributed by atoms with E-state index >= 15 is 0 Å². The summed E-state index contributed by atoms with van der Waals surface area (Å²) in [6.07, 6.45) is 4.96. The van der Waals surface area contributed by atoms with E-state index in [4.69, 9.17) is 4.74 Å². The molecule has 3 unspecified atom stereocenters. The van der Waals surface area contributed by atoms with Crippen molar-refractivity contribution >= 4 is 23.3 Å². The van der Waals surface area contributed by atoms with Gasteiger partial charge in [0.2, 0.25) is 0 Å². The van der Waals surface area contributed by atoms with Crippen molar-refractivity contribution in [3.05, 3.63) is 15.6 Å². The molecule has 2 rings (SSSR count). The molecule has 1 aromatic rings. The maximum absolute atomic E-state index is 12.1. The van der Waals surface area contributed by atoms with E-state index in [1.54, 1.807) is 7.05 Å². The summed E-state index contributed by atoms with van der Waals surface area (Å²) in [5, 5.41) is 7.80. The first-order valence-electron chi connectivity index (χ1n) is 10.5. The normalized spacial score (nSPS) is 23.7. The molecule has 1 heterocycles. The number of nitrogens with zero attached hydrogens (tertiary/aromatic N) is 3. The average molecular weight is 424 g/mol. The van der Waals surface area contributed by atoms with E-state index in [1.165, 1.54) is 37.0 Å². The third-order valence-corrected chi connectivity index (χ3v) is 7.14. The number of aryl methyl sites for hydroxylation is 1.